The molecule has 0 saturated heterocycles. The topological polar surface area (TPSA) is 74.6 Å². The van der Waals surface area contributed by atoms with Gasteiger partial charge in [-0.3, -0.25) is 4.21 Å². The molecule has 0 fully saturated rings. The highest BCUT2D eigenvalue weighted by molar-refractivity contribution is 7.84. The normalized spacial score (nSPS) is 12.3. The van der Waals surface area contributed by atoms with Gasteiger partial charge in [0.05, 0.1) is 12.2 Å². The summed E-state index contributed by atoms with van der Waals surface area (Å²) in [5.41, 5.74) is 1.03. The Hall–Kier alpha value is -1.20. The standard InChI is InChI=1S/C10H12O4S/c11-5-6-15(14)7-8-1-3-9(4-2-8)10(12)13/h1-4,11H,5-7H2,(H,12,13). The number of carboxylic acids is 1. The summed E-state index contributed by atoms with van der Waals surface area (Å²) in [4.78, 5) is 10.5. The van der Waals surface area contributed by atoms with Crippen LogP contribution in [-0.2, 0) is 16.6 Å². The molecule has 5 heteroatoms. The van der Waals surface area contributed by atoms with Gasteiger partial charge in [0.1, 0.15) is 0 Å². The number of hydrogen-bond acceptors (Lipinski definition) is 3. The first-order chi connectivity index (χ1) is 7.13. The number of benzene rings is 1. The van der Waals surface area contributed by atoms with Crippen LogP contribution in [0.1, 0.15) is 15.9 Å². The van der Waals surface area contributed by atoms with Crippen molar-refractivity contribution < 1.29 is 19.2 Å². The molecule has 1 aromatic rings. The van der Waals surface area contributed by atoms with Crippen LogP contribution in [0.4, 0.5) is 0 Å². The third-order valence-corrected chi connectivity index (χ3v) is 3.14. The van der Waals surface area contributed by atoms with Crippen molar-refractivity contribution in [1.29, 1.82) is 0 Å². The molecule has 1 atom stereocenters. The lowest BCUT2D eigenvalue weighted by atomic mass is 10.1. The van der Waals surface area contributed by atoms with Crippen LogP contribution >= 0.6 is 0 Å². The molecule has 0 aliphatic rings. The molecule has 15 heavy (non-hydrogen) atoms. The van der Waals surface area contributed by atoms with Gasteiger partial charge in [-0.1, -0.05) is 12.1 Å². The Balaban J connectivity index is 2.64. The molecule has 0 bridgehead atoms. The van der Waals surface area contributed by atoms with Gasteiger partial charge in [-0.15, -0.1) is 0 Å². The first-order valence-electron chi connectivity index (χ1n) is 4.41. The van der Waals surface area contributed by atoms with Crippen molar-refractivity contribution in [3.05, 3.63) is 35.4 Å². The van der Waals surface area contributed by atoms with E-state index in [1.807, 2.05) is 0 Å². The zero-order chi connectivity index (χ0) is 11.3. The first kappa shape index (κ1) is 11.9. The number of carboxylic acid groups (broad SMARTS) is 1. The first-order valence-corrected chi connectivity index (χ1v) is 5.90. The molecule has 0 amide bonds. The molecule has 0 radical (unpaired) electrons. The highest BCUT2D eigenvalue weighted by atomic mass is 32.2. The second-order valence-electron chi connectivity index (χ2n) is 3.01. The maximum absolute atomic E-state index is 11.3. The van der Waals surface area contributed by atoms with Crippen LogP contribution < -0.4 is 0 Å². The Bertz CT molecular complexity index is 358. The largest absolute Gasteiger partial charge is 0.478 e. The van der Waals surface area contributed by atoms with Gasteiger partial charge < -0.3 is 10.2 Å². The van der Waals surface area contributed by atoms with Crippen molar-refractivity contribution in [3.8, 4) is 0 Å². The van der Waals surface area contributed by atoms with Crippen molar-refractivity contribution in [1.82, 2.24) is 0 Å². The SMILES string of the molecule is O=C(O)c1ccc(CS(=O)CCO)cc1. The fourth-order valence-corrected chi connectivity index (χ4v) is 2.02. The zero-order valence-corrected chi connectivity index (χ0v) is 8.87. The molecule has 0 saturated carbocycles. The molecular formula is C10H12O4S. The summed E-state index contributed by atoms with van der Waals surface area (Å²) >= 11 is 0. The third-order valence-electron chi connectivity index (χ3n) is 1.85. The highest BCUT2D eigenvalue weighted by Crippen LogP contribution is 2.07. The van der Waals surface area contributed by atoms with E-state index in [2.05, 4.69) is 0 Å². The number of rotatable bonds is 5. The molecule has 0 aliphatic carbocycles. The summed E-state index contributed by atoms with van der Waals surface area (Å²) in [7, 11) is -1.09. The van der Waals surface area contributed by atoms with E-state index < -0.39 is 16.8 Å². The van der Waals surface area contributed by atoms with E-state index in [-0.39, 0.29) is 17.9 Å². The molecule has 1 unspecified atom stereocenters. The van der Waals surface area contributed by atoms with Gasteiger partial charge in [-0.2, -0.15) is 0 Å². The van der Waals surface area contributed by atoms with E-state index >= 15 is 0 Å². The summed E-state index contributed by atoms with van der Waals surface area (Å²) in [6, 6.07) is 6.24. The van der Waals surface area contributed by atoms with Crippen LogP contribution in [0.3, 0.4) is 0 Å². The van der Waals surface area contributed by atoms with Crippen molar-refractivity contribution in [2.75, 3.05) is 12.4 Å². The number of aliphatic hydroxyl groups is 1. The van der Waals surface area contributed by atoms with Gasteiger partial charge >= 0.3 is 5.97 Å². The van der Waals surface area contributed by atoms with Crippen LogP contribution in [0, 0.1) is 0 Å². The summed E-state index contributed by atoms with van der Waals surface area (Å²) in [5.74, 6) is -0.376. The number of carbonyl (C=O) groups is 1. The second kappa shape index (κ2) is 5.63. The minimum absolute atomic E-state index is 0.0974. The van der Waals surface area contributed by atoms with Crippen LogP contribution in [0.15, 0.2) is 24.3 Å². The molecule has 0 aliphatic heterocycles. The number of aromatic carboxylic acids is 1. The minimum Gasteiger partial charge on any atom is -0.478 e. The lowest BCUT2D eigenvalue weighted by Gasteiger charge is -2.01. The average molecular weight is 228 g/mol. The van der Waals surface area contributed by atoms with Gasteiger partial charge in [-0.25, -0.2) is 4.79 Å². The van der Waals surface area contributed by atoms with Gasteiger partial charge in [0.15, 0.2) is 0 Å². The van der Waals surface area contributed by atoms with E-state index in [0.29, 0.717) is 5.75 Å². The lowest BCUT2D eigenvalue weighted by molar-refractivity contribution is 0.0697. The average Bonchev–Trinajstić information content (AvgIpc) is 2.18. The molecule has 82 valence electrons. The fourth-order valence-electron chi connectivity index (χ4n) is 1.10. The summed E-state index contributed by atoms with van der Waals surface area (Å²) in [6.45, 7) is -0.0974. The van der Waals surface area contributed by atoms with Crippen LogP contribution in [0.5, 0.6) is 0 Å². The smallest absolute Gasteiger partial charge is 0.335 e. The van der Waals surface area contributed by atoms with E-state index in [1.165, 1.54) is 12.1 Å². The maximum atomic E-state index is 11.3. The number of aliphatic hydroxyl groups excluding tert-OH is 1. The van der Waals surface area contributed by atoms with E-state index in [0.717, 1.165) is 5.56 Å². The van der Waals surface area contributed by atoms with Gasteiger partial charge in [0.2, 0.25) is 0 Å². The van der Waals surface area contributed by atoms with Crippen LogP contribution in [0.2, 0.25) is 0 Å². The Morgan fingerprint density at radius 2 is 1.87 bits per heavy atom. The summed E-state index contributed by atoms with van der Waals surface area (Å²) < 4.78 is 11.3. The quantitative estimate of drug-likeness (QED) is 0.775. The Kier molecular flexibility index (Phi) is 4.45. The Morgan fingerprint density at radius 1 is 1.27 bits per heavy atom. The van der Waals surface area contributed by atoms with Crippen LogP contribution in [0.25, 0.3) is 0 Å². The predicted molar refractivity (Wildman–Crippen MR) is 57.2 cm³/mol. The third kappa shape index (κ3) is 3.81. The predicted octanol–water partition coefficient (Wildman–Crippen LogP) is 0.626. The second-order valence-corrected chi connectivity index (χ2v) is 4.59. The van der Waals surface area contributed by atoms with Crippen molar-refractivity contribution in [2.24, 2.45) is 0 Å². The molecular weight excluding hydrogens is 216 g/mol. The molecule has 0 heterocycles. The number of hydrogen-bond donors (Lipinski definition) is 2. The molecule has 4 nitrogen and oxygen atoms in total. The molecule has 2 N–H and O–H groups in total. The monoisotopic (exact) mass is 228 g/mol. The van der Waals surface area contributed by atoms with Crippen molar-refractivity contribution >= 4 is 16.8 Å². The summed E-state index contributed by atoms with van der Waals surface area (Å²) in [6.07, 6.45) is 0. The fraction of sp³-hybridized carbons (Fsp3) is 0.300. The van der Waals surface area contributed by atoms with E-state index in [9.17, 15) is 9.00 Å². The van der Waals surface area contributed by atoms with E-state index in [4.69, 9.17) is 10.2 Å². The Labute approximate surface area is 90.0 Å². The van der Waals surface area contributed by atoms with Gasteiger partial charge in [0, 0.05) is 22.3 Å². The van der Waals surface area contributed by atoms with E-state index in [1.54, 1.807) is 12.1 Å². The molecule has 1 aromatic carbocycles. The highest BCUT2D eigenvalue weighted by Gasteiger charge is 2.04. The minimum atomic E-state index is -1.09. The molecule has 0 spiro atoms. The van der Waals surface area contributed by atoms with Crippen molar-refractivity contribution in [2.45, 2.75) is 5.75 Å². The molecule has 1 rings (SSSR count). The van der Waals surface area contributed by atoms with Gasteiger partial charge in [0.25, 0.3) is 0 Å². The lowest BCUT2D eigenvalue weighted by Crippen LogP contribution is -2.04. The summed E-state index contributed by atoms with van der Waals surface area (Å²) in [5, 5.41) is 17.2. The van der Waals surface area contributed by atoms with Crippen LogP contribution in [-0.4, -0.2) is 32.8 Å². The maximum Gasteiger partial charge on any atom is 0.335 e. The van der Waals surface area contributed by atoms with Gasteiger partial charge in [-0.05, 0) is 17.7 Å². The Morgan fingerprint density at radius 3 is 2.33 bits per heavy atom. The van der Waals surface area contributed by atoms with Crippen molar-refractivity contribution in [3.63, 3.8) is 0 Å². The zero-order valence-electron chi connectivity index (χ0n) is 8.05. The molecule has 0 aromatic heterocycles.